The number of hydrogen-bond acceptors (Lipinski definition) is 4. The Morgan fingerprint density at radius 3 is 2.62 bits per heavy atom. The quantitative estimate of drug-likeness (QED) is 0.881. The molecule has 0 spiro atoms. The summed E-state index contributed by atoms with van der Waals surface area (Å²) in [4.78, 5) is 16.6. The third kappa shape index (κ3) is 4.11. The maximum absolute atomic E-state index is 13.0. The van der Waals surface area contributed by atoms with Gasteiger partial charge in [-0.25, -0.2) is 0 Å². The van der Waals surface area contributed by atoms with Crippen molar-refractivity contribution in [3.05, 3.63) is 65.7 Å². The molecular weight excluding hydrogens is 344 g/mol. The standard InChI is InChI=1S/C21H24N2O2S/c24-21(20-14-17-8-4-5-9-19(17)26-20)22-18(16-6-2-1-3-7-16)15-23-10-12-25-13-11-23/h1-9,18,20H,10-15H2,(H,22,24). The Kier molecular flexibility index (Phi) is 5.58. The lowest BCUT2D eigenvalue weighted by Crippen LogP contribution is -2.44. The molecule has 5 heteroatoms. The van der Waals surface area contributed by atoms with Gasteiger partial charge in [-0.05, 0) is 23.6 Å². The number of nitrogens with zero attached hydrogens (tertiary/aromatic N) is 1. The van der Waals surface area contributed by atoms with E-state index >= 15 is 0 Å². The lowest BCUT2D eigenvalue weighted by Gasteiger charge is -2.31. The number of fused-ring (bicyclic) bond motifs is 1. The molecule has 1 saturated heterocycles. The zero-order chi connectivity index (χ0) is 17.8. The Balaban J connectivity index is 1.45. The van der Waals surface area contributed by atoms with Crippen LogP contribution in [0.2, 0.25) is 0 Å². The number of carbonyl (C=O) groups excluding carboxylic acids is 1. The molecule has 0 aliphatic carbocycles. The van der Waals surface area contributed by atoms with Gasteiger partial charge in [0.2, 0.25) is 5.91 Å². The highest BCUT2D eigenvalue weighted by Gasteiger charge is 2.30. The molecule has 136 valence electrons. The Bertz CT molecular complexity index is 722. The molecule has 2 aliphatic rings. The monoisotopic (exact) mass is 368 g/mol. The van der Waals surface area contributed by atoms with E-state index in [-0.39, 0.29) is 17.2 Å². The highest BCUT2D eigenvalue weighted by molar-refractivity contribution is 8.01. The molecule has 0 bridgehead atoms. The van der Waals surface area contributed by atoms with Crippen LogP contribution < -0.4 is 5.32 Å². The second-order valence-electron chi connectivity index (χ2n) is 6.80. The normalized spacial score (nSPS) is 21.2. The summed E-state index contributed by atoms with van der Waals surface area (Å²) >= 11 is 1.68. The van der Waals surface area contributed by atoms with Crippen LogP contribution in [0.15, 0.2) is 59.5 Å². The molecule has 1 amide bonds. The molecule has 1 N–H and O–H groups in total. The molecule has 4 rings (SSSR count). The first-order chi connectivity index (χ1) is 12.8. The van der Waals surface area contributed by atoms with E-state index in [2.05, 4.69) is 34.5 Å². The lowest BCUT2D eigenvalue weighted by atomic mass is 10.0. The van der Waals surface area contributed by atoms with Crippen LogP contribution in [0.25, 0.3) is 0 Å². The van der Waals surface area contributed by atoms with Crippen LogP contribution in [0, 0.1) is 0 Å². The fraction of sp³-hybridized carbons (Fsp3) is 0.381. The number of hydrogen-bond donors (Lipinski definition) is 1. The van der Waals surface area contributed by atoms with Crippen molar-refractivity contribution < 1.29 is 9.53 Å². The summed E-state index contributed by atoms with van der Waals surface area (Å²) in [7, 11) is 0. The average Bonchev–Trinajstić information content (AvgIpc) is 3.13. The minimum atomic E-state index is -0.0386. The minimum absolute atomic E-state index is 0.00566. The van der Waals surface area contributed by atoms with Gasteiger partial charge in [0, 0.05) is 24.5 Å². The number of thioether (sulfide) groups is 1. The van der Waals surface area contributed by atoms with Gasteiger partial charge >= 0.3 is 0 Å². The number of rotatable bonds is 5. The topological polar surface area (TPSA) is 41.6 Å². The summed E-state index contributed by atoms with van der Waals surface area (Å²) in [5.74, 6) is 0.133. The van der Waals surface area contributed by atoms with Crippen molar-refractivity contribution in [2.24, 2.45) is 0 Å². The van der Waals surface area contributed by atoms with Gasteiger partial charge in [0.15, 0.2) is 0 Å². The highest BCUT2D eigenvalue weighted by Crippen LogP contribution is 2.37. The Hall–Kier alpha value is -1.82. The van der Waals surface area contributed by atoms with Crippen molar-refractivity contribution in [2.45, 2.75) is 22.6 Å². The molecule has 1 fully saturated rings. The molecule has 0 saturated carbocycles. The number of carbonyl (C=O) groups is 1. The number of amides is 1. The van der Waals surface area contributed by atoms with Gasteiger partial charge in [-0.2, -0.15) is 0 Å². The SMILES string of the molecule is O=C(NC(CN1CCOCC1)c1ccccc1)C1Cc2ccccc2S1. The van der Waals surface area contributed by atoms with Crippen LogP contribution in [-0.2, 0) is 16.0 Å². The summed E-state index contributed by atoms with van der Waals surface area (Å²) in [5.41, 5.74) is 2.44. The number of morpholine rings is 1. The van der Waals surface area contributed by atoms with Gasteiger partial charge in [-0.15, -0.1) is 11.8 Å². The Labute approximate surface area is 158 Å². The fourth-order valence-electron chi connectivity index (χ4n) is 3.55. The molecule has 2 heterocycles. The predicted molar refractivity (Wildman–Crippen MR) is 104 cm³/mol. The van der Waals surface area contributed by atoms with E-state index in [1.807, 2.05) is 30.3 Å². The summed E-state index contributed by atoms with van der Waals surface area (Å²) in [6.07, 6.45) is 0.811. The molecular formula is C21H24N2O2S. The first-order valence-corrected chi connectivity index (χ1v) is 10.1. The van der Waals surface area contributed by atoms with Crippen molar-refractivity contribution in [2.75, 3.05) is 32.8 Å². The van der Waals surface area contributed by atoms with Crippen LogP contribution in [0.1, 0.15) is 17.2 Å². The maximum atomic E-state index is 13.0. The Morgan fingerprint density at radius 2 is 1.85 bits per heavy atom. The summed E-state index contributed by atoms with van der Waals surface area (Å²) < 4.78 is 5.45. The zero-order valence-electron chi connectivity index (χ0n) is 14.8. The number of ether oxygens (including phenoxy) is 1. The third-order valence-electron chi connectivity index (χ3n) is 5.00. The van der Waals surface area contributed by atoms with E-state index in [4.69, 9.17) is 4.74 Å². The van der Waals surface area contributed by atoms with E-state index in [0.717, 1.165) is 44.8 Å². The fourth-order valence-corrected chi connectivity index (χ4v) is 4.76. The van der Waals surface area contributed by atoms with Crippen LogP contribution in [0.4, 0.5) is 0 Å². The smallest absolute Gasteiger partial charge is 0.234 e. The van der Waals surface area contributed by atoms with E-state index in [9.17, 15) is 4.79 Å². The molecule has 2 aromatic carbocycles. The maximum Gasteiger partial charge on any atom is 0.234 e. The van der Waals surface area contributed by atoms with Crippen molar-refractivity contribution in [3.63, 3.8) is 0 Å². The molecule has 2 aromatic rings. The zero-order valence-corrected chi connectivity index (χ0v) is 15.6. The lowest BCUT2D eigenvalue weighted by molar-refractivity contribution is -0.121. The summed E-state index contributed by atoms with van der Waals surface area (Å²) in [5, 5.41) is 3.28. The first kappa shape index (κ1) is 17.6. The van der Waals surface area contributed by atoms with Gasteiger partial charge in [-0.3, -0.25) is 9.69 Å². The second kappa shape index (κ2) is 8.25. The van der Waals surface area contributed by atoms with Gasteiger partial charge < -0.3 is 10.1 Å². The van der Waals surface area contributed by atoms with E-state index in [1.54, 1.807) is 11.8 Å². The summed E-state index contributed by atoms with van der Waals surface area (Å²) in [6.45, 7) is 4.20. The van der Waals surface area contributed by atoms with Gasteiger partial charge in [-0.1, -0.05) is 48.5 Å². The van der Waals surface area contributed by atoms with Crippen LogP contribution in [0.3, 0.4) is 0 Å². The van der Waals surface area contributed by atoms with E-state index in [1.165, 1.54) is 10.5 Å². The molecule has 2 atom stereocenters. The van der Waals surface area contributed by atoms with Gasteiger partial charge in [0.05, 0.1) is 24.5 Å². The van der Waals surface area contributed by atoms with E-state index < -0.39 is 0 Å². The third-order valence-corrected chi connectivity index (χ3v) is 6.32. The second-order valence-corrected chi connectivity index (χ2v) is 8.05. The van der Waals surface area contributed by atoms with Crippen molar-refractivity contribution >= 4 is 17.7 Å². The van der Waals surface area contributed by atoms with Gasteiger partial charge in [0.1, 0.15) is 0 Å². The average molecular weight is 369 g/mol. The molecule has 26 heavy (non-hydrogen) atoms. The number of benzene rings is 2. The number of nitrogens with one attached hydrogen (secondary N) is 1. The van der Waals surface area contributed by atoms with Gasteiger partial charge in [0.25, 0.3) is 0 Å². The molecule has 0 aromatic heterocycles. The highest BCUT2D eigenvalue weighted by atomic mass is 32.2. The molecule has 2 unspecified atom stereocenters. The first-order valence-electron chi connectivity index (χ1n) is 9.19. The van der Waals surface area contributed by atoms with E-state index in [0.29, 0.717) is 0 Å². The Morgan fingerprint density at radius 1 is 1.12 bits per heavy atom. The van der Waals surface area contributed by atoms with Crippen LogP contribution in [-0.4, -0.2) is 48.9 Å². The molecule has 2 aliphatic heterocycles. The summed E-state index contributed by atoms with van der Waals surface area (Å²) in [6, 6.07) is 18.6. The van der Waals surface area contributed by atoms with Crippen molar-refractivity contribution in [3.8, 4) is 0 Å². The van der Waals surface area contributed by atoms with Crippen molar-refractivity contribution in [1.29, 1.82) is 0 Å². The molecule has 4 nitrogen and oxygen atoms in total. The minimum Gasteiger partial charge on any atom is -0.379 e. The predicted octanol–water partition coefficient (Wildman–Crippen LogP) is 2.89. The van der Waals surface area contributed by atoms with Crippen LogP contribution in [0.5, 0.6) is 0 Å². The molecule has 0 radical (unpaired) electrons. The largest absolute Gasteiger partial charge is 0.379 e. The van der Waals surface area contributed by atoms with Crippen LogP contribution >= 0.6 is 11.8 Å². The van der Waals surface area contributed by atoms with Crippen molar-refractivity contribution in [1.82, 2.24) is 10.2 Å².